The van der Waals surface area contributed by atoms with Crippen LogP contribution in [0.15, 0.2) is 54.9 Å². The Balaban J connectivity index is 1.42. The van der Waals surface area contributed by atoms with Gasteiger partial charge in [0.15, 0.2) is 0 Å². The van der Waals surface area contributed by atoms with E-state index < -0.39 is 0 Å². The molecule has 2 aromatic heterocycles. The number of rotatable bonds is 5. The van der Waals surface area contributed by atoms with Gasteiger partial charge in [0.25, 0.3) is 0 Å². The lowest BCUT2D eigenvalue weighted by Gasteiger charge is -2.15. The van der Waals surface area contributed by atoms with Crippen molar-refractivity contribution in [2.75, 3.05) is 20.2 Å². The van der Waals surface area contributed by atoms with E-state index in [0.29, 0.717) is 5.92 Å². The smallest absolute Gasteiger partial charge is 0.118 e. The summed E-state index contributed by atoms with van der Waals surface area (Å²) >= 11 is 0. The molecule has 128 valence electrons. The van der Waals surface area contributed by atoms with Crippen LogP contribution in [0.25, 0.3) is 11.3 Å². The molecule has 5 heteroatoms. The summed E-state index contributed by atoms with van der Waals surface area (Å²) < 4.78 is 5.21. The molecular weight excluding hydrogens is 312 g/mol. The number of pyridine rings is 1. The number of hydrogen-bond acceptors (Lipinski definition) is 4. The minimum absolute atomic E-state index is 0.515. The number of ether oxygens (including phenoxy) is 1. The lowest BCUT2D eigenvalue weighted by atomic mass is 10.0. The molecule has 5 nitrogen and oxygen atoms in total. The number of H-pyrrole nitrogens is 1. The summed E-state index contributed by atoms with van der Waals surface area (Å²) in [5.74, 6) is 1.38. The molecule has 1 aliphatic rings. The maximum absolute atomic E-state index is 5.21. The van der Waals surface area contributed by atoms with Crippen LogP contribution in [0, 0.1) is 0 Å². The van der Waals surface area contributed by atoms with Crippen molar-refractivity contribution >= 4 is 0 Å². The van der Waals surface area contributed by atoms with Crippen LogP contribution in [0.3, 0.4) is 0 Å². The van der Waals surface area contributed by atoms with Crippen molar-refractivity contribution < 1.29 is 4.74 Å². The number of methoxy groups -OCH3 is 1. The van der Waals surface area contributed by atoms with Gasteiger partial charge in [-0.3, -0.25) is 15.0 Å². The minimum Gasteiger partial charge on any atom is -0.497 e. The van der Waals surface area contributed by atoms with Crippen molar-refractivity contribution in [1.82, 2.24) is 20.1 Å². The van der Waals surface area contributed by atoms with Crippen LogP contribution in [0.2, 0.25) is 0 Å². The summed E-state index contributed by atoms with van der Waals surface area (Å²) in [5, 5.41) is 7.74. The number of likely N-dealkylation sites (tertiary alicyclic amines) is 1. The zero-order valence-corrected chi connectivity index (χ0v) is 14.4. The molecule has 0 saturated carbocycles. The van der Waals surface area contributed by atoms with Crippen LogP contribution in [0.5, 0.6) is 5.75 Å². The SMILES string of the molecule is COc1ccc(-c2cc(C3CCN(Cc4ccncc4)C3)[nH]n2)cc1. The third-order valence-electron chi connectivity index (χ3n) is 4.85. The van der Waals surface area contributed by atoms with Crippen molar-refractivity contribution in [3.05, 3.63) is 66.1 Å². The molecule has 0 spiro atoms. The first kappa shape index (κ1) is 15.8. The van der Waals surface area contributed by atoms with Crippen LogP contribution in [-0.2, 0) is 6.54 Å². The van der Waals surface area contributed by atoms with E-state index in [0.717, 1.165) is 43.1 Å². The molecule has 0 amide bonds. The lowest BCUT2D eigenvalue weighted by molar-refractivity contribution is 0.326. The average Bonchev–Trinajstić information content (AvgIpc) is 3.32. The van der Waals surface area contributed by atoms with Crippen LogP contribution in [0.1, 0.15) is 23.6 Å². The van der Waals surface area contributed by atoms with E-state index in [4.69, 9.17) is 4.74 Å². The largest absolute Gasteiger partial charge is 0.497 e. The summed E-state index contributed by atoms with van der Waals surface area (Å²) in [6, 6.07) is 14.4. The van der Waals surface area contributed by atoms with Crippen LogP contribution >= 0.6 is 0 Å². The van der Waals surface area contributed by atoms with Gasteiger partial charge < -0.3 is 4.74 Å². The van der Waals surface area contributed by atoms with Gasteiger partial charge in [-0.15, -0.1) is 0 Å². The van der Waals surface area contributed by atoms with Gasteiger partial charge in [-0.2, -0.15) is 5.10 Å². The molecule has 3 heterocycles. The molecule has 4 rings (SSSR count). The van der Waals surface area contributed by atoms with E-state index in [1.807, 2.05) is 36.7 Å². The molecule has 1 fully saturated rings. The van der Waals surface area contributed by atoms with Gasteiger partial charge in [0.1, 0.15) is 5.75 Å². The van der Waals surface area contributed by atoms with Crippen LogP contribution in [-0.4, -0.2) is 40.3 Å². The Bertz CT molecular complexity index is 813. The van der Waals surface area contributed by atoms with Crippen LogP contribution in [0.4, 0.5) is 0 Å². The zero-order chi connectivity index (χ0) is 17.1. The highest BCUT2D eigenvalue weighted by Crippen LogP contribution is 2.29. The Labute approximate surface area is 147 Å². The predicted molar refractivity (Wildman–Crippen MR) is 97.4 cm³/mol. The first-order chi connectivity index (χ1) is 12.3. The maximum Gasteiger partial charge on any atom is 0.118 e. The number of hydrogen-bond donors (Lipinski definition) is 1. The molecule has 1 saturated heterocycles. The zero-order valence-electron chi connectivity index (χ0n) is 14.4. The van der Waals surface area contributed by atoms with E-state index in [9.17, 15) is 0 Å². The Morgan fingerprint density at radius 2 is 1.96 bits per heavy atom. The first-order valence-electron chi connectivity index (χ1n) is 8.63. The van der Waals surface area contributed by atoms with Crippen LogP contribution < -0.4 is 4.74 Å². The summed E-state index contributed by atoms with van der Waals surface area (Å²) in [6.45, 7) is 3.16. The quantitative estimate of drug-likeness (QED) is 0.776. The molecule has 1 atom stereocenters. The van der Waals surface area contributed by atoms with E-state index in [2.05, 4.69) is 38.3 Å². The molecular formula is C20H22N4O. The monoisotopic (exact) mass is 334 g/mol. The topological polar surface area (TPSA) is 54.0 Å². The van der Waals surface area contributed by atoms with E-state index in [-0.39, 0.29) is 0 Å². The lowest BCUT2D eigenvalue weighted by Crippen LogP contribution is -2.19. The van der Waals surface area contributed by atoms with Gasteiger partial charge in [0.2, 0.25) is 0 Å². The van der Waals surface area contributed by atoms with Gasteiger partial charge in [0, 0.05) is 42.7 Å². The fraction of sp³-hybridized carbons (Fsp3) is 0.300. The van der Waals surface area contributed by atoms with Gasteiger partial charge in [0.05, 0.1) is 12.8 Å². The van der Waals surface area contributed by atoms with Gasteiger partial charge in [-0.25, -0.2) is 0 Å². The number of aromatic amines is 1. The maximum atomic E-state index is 5.21. The summed E-state index contributed by atoms with van der Waals surface area (Å²) in [7, 11) is 1.68. The van der Waals surface area contributed by atoms with Crippen molar-refractivity contribution in [3.8, 4) is 17.0 Å². The average molecular weight is 334 g/mol. The van der Waals surface area contributed by atoms with Gasteiger partial charge >= 0.3 is 0 Å². The molecule has 1 aromatic carbocycles. The van der Waals surface area contributed by atoms with E-state index in [1.54, 1.807) is 7.11 Å². The number of aromatic nitrogens is 3. The highest BCUT2D eigenvalue weighted by atomic mass is 16.5. The second-order valence-corrected chi connectivity index (χ2v) is 6.51. The van der Waals surface area contributed by atoms with Crippen molar-refractivity contribution in [3.63, 3.8) is 0 Å². The third-order valence-corrected chi connectivity index (χ3v) is 4.85. The second kappa shape index (κ2) is 7.07. The number of nitrogens with zero attached hydrogens (tertiary/aromatic N) is 3. The standard InChI is InChI=1S/C20H22N4O/c1-25-18-4-2-16(3-5-18)19-12-20(23-22-19)17-8-11-24(14-17)13-15-6-9-21-10-7-15/h2-7,9-10,12,17H,8,11,13-14H2,1H3,(H,22,23). The normalized spacial score (nSPS) is 17.7. The summed E-state index contributed by atoms with van der Waals surface area (Å²) in [5.41, 5.74) is 4.64. The van der Waals surface area contributed by atoms with Crippen molar-refractivity contribution in [2.24, 2.45) is 0 Å². The summed E-state index contributed by atoms with van der Waals surface area (Å²) in [6.07, 6.45) is 4.88. The molecule has 1 aliphatic heterocycles. The summed E-state index contributed by atoms with van der Waals surface area (Å²) in [4.78, 5) is 6.58. The van der Waals surface area contributed by atoms with Crippen molar-refractivity contribution in [1.29, 1.82) is 0 Å². The molecule has 0 aliphatic carbocycles. The second-order valence-electron chi connectivity index (χ2n) is 6.51. The highest BCUT2D eigenvalue weighted by molar-refractivity contribution is 5.60. The van der Waals surface area contributed by atoms with Gasteiger partial charge in [-0.05, 0) is 61.0 Å². The highest BCUT2D eigenvalue weighted by Gasteiger charge is 2.25. The van der Waals surface area contributed by atoms with E-state index in [1.165, 1.54) is 11.3 Å². The van der Waals surface area contributed by atoms with Gasteiger partial charge in [-0.1, -0.05) is 0 Å². The Morgan fingerprint density at radius 1 is 1.16 bits per heavy atom. The molecule has 1 N–H and O–H groups in total. The number of benzene rings is 1. The Morgan fingerprint density at radius 3 is 2.72 bits per heavy atom. The molecule has 0 bridgehead atoms. The third kappa shape index (κ3) is 3.56. The molecule has 0 radical (unpaired) electrons. The molecule has 1 unspecified atom stereocenters. The Hall–Kier alpha value is -2.66. The first-order valence-corrected chi connectivity index (χ1v) is 8.63. The molecule has 25 heavy (non-hydrogen) atoms. The fourth-order valence-electron chi connectivity index (χ4n) is 3.43. The molecule has 3 aromatic rings. The van der Waals surface area contributed by atoms with Crippen molar-refractivity contribution in [2.45, 2.75) is 18.9 Å². The van der Waals surface area contributed by atoms with E-state index >= 15 is 0 Å². The Kier molecular flexibility index (Phi) is 4.48. The minimum atomic E-state index is 0.515. The number of nitrogens with one attached hydrogen (secondary N) is 1. The fourth-order valence-corrected chi connectivity index (χ4v) is 3.43. The predicted octanol–water partition coefficient (Wildman–Crippen LogP) is 3.47.